The molecule has 0 spiro atoms. The lowest BCUT2D eigenvalue weighted by Gasteiger charge is -1.96. The summed E-state index contributed by atoms with van der Waals surface area (Å²) in [4.78, 5) is 17.3. The fourth-order valence-electron chi connectivity index (χ4n) is 1.30. The topological polar surface area (TPSA) is 79.8 Å². The Labute approximate surface area is 119 Å². The Morgan fingerprint density at radius 2 is 2.00 bits per heavy atom. The first kappa shape index (κ1) is 13.9. The van der Waals surface area contributed by atoms with Crippen LogP contribution in [0.3, 0.4) is 0 Å². The van der Waals surface area contributed by atoms with Gasteiger partial charge in [-0.1, -0.05) is 18.3 Å². The molecule has 0 unspecified atom stereocenters. The summed E-state index contributed by atoms with van der Waals surface area (Å²) in [6.07, 6.45) is 0.999. The van der Waals surface area contributed by atoms with Crippen LogP contribution in [-0.2, 0) is 0 Å². The van der Waals surface area contributed by atoms with E-state index in [9.17, 15) is 4.79 Å². The Morgan fingerprint density at radius 1 is 1.21 bits per heavy atom. The van der Waals surface area contributed by atoms with E-state index in [1.54, 1.807) is 0 Å². The van der Waals surface area contributed by atoms with Crippen LogP contribution in [0.25, 0.3) is 0 Å². The minimum atomic E-state index is -0.268. The first-order valence-electron chi connectivity index (χ1n) is 5.93. The van der Waals surface area contributed by atoms with E-state index in [1.165, 1.54) is 22.7 Å². The van der Waals surface area contributed by atoms with E-state index in [-0.39, 0.29) is 5.91 Å². The Kier molecular flexibility index (Phi) is 4.43. The van der Waals surface area contributed by atoms with Gasteiger partial charge in [0.2, 0.25) is 10.1 Å². The van der Waals surface area contributed by atoms with Crippen LogP contribution in [-0.4, -0.2) is 27.6 Å². The zero-order valence-electron chi connectivity index (χ0n) is 11.0. The lowest BCUT2D eigenvalue weighted by molar-refractivity contribution is 0.102. The molecular weight excluding hydrogens is 282 g/mol. The molecule has 0 fully saturated rings. The highest BCUT2D eigenvalue weighted by Crippen LogP contribution is 2.22. The first-order valence-corrected chi connectivity index (χ1v) is 7.56. The van der Waals surface area contributed by atoms with Gasteiger partial charge in [-0.3, -0.25) is 10.1 Å². The molecule has 2 aromatic rings. The molecular formula is C11H15N5OS2. The second-order valence-corrected chi connectivity index (χ2v) is 6.13. The maximum Gasteiger partial charge on any atom is 0.288 e. The molecule has 0 aliphatic heterocycles. The standard InChI is InChI=1S/C11H15N5OS2/c1-4-5-12-10-16-15-9(19-10)8(17)14-11-13-6(2)7(3)18-11/h4-5H2,1-3H3,(H,12,16)(H,13,14,17). The van der Waals surface area contributed by atoms with Crippen LogP contribution < -0.4 is 10.6 Å². The van der Waals surface area contributed by atoms with Gasteiger partial charge in [-0.05, 0) is 20.3 Å². The van der Waals surface area contributed by atoms with Crippen molar-refractivity contribution in [2.24, 2.45) is 0 Å². The summed E-state index contributed by atoms with van der Waals surface area (Å²) in [5.74, 6) is -0.268. The second kappa shape index (κ2) is 6.07. The molecule has 0 bridgehead atoms. The van der Waals surface area contributed by atoms with Crippen molar-refractivity contribution in [3.05, 3.63) is 15.6 Å². The third kappa shape index (κ3) is 3.48. The quantitative estimate of drug-likeness (QED) is 0.887. The van der Waals surface area contributed by atoms with Gasteiger partial charge in [0.15, 0.2) is 5.13 Å². The number of hydrogen-bond acceptors (Lipinski definition) is 7. The van der Waals surface area contributed by atoms with Crippen molar-refractivity contribution in [3.8, 4) is 0 Å². The van der Waals surface area contributed by atoms with E-state index in [0.717, 1.165) is 23.5 Å². The van der Waals surface area contributed by atoms with E-state index in [2.05, 4.69) is 32.7 Å². The normalized spacial score (nSPS) is 10.5. The molecule has 2 rings (SSSR count). The van der Waals surface area contributed by atoms with Crippen molar-refractivity contribution in [1.29, 1.82) is 0 Å². The molecule has 0 radical (unpaired) electrons. The van der Waals surface area contributed by atoms with Crippen LogP contribution in [0.4, 0.5) is 10.3 Å². The molecule has 0 aromatic carbocycles. The largest absolute Gasteiger partial charge is 0.360 e. The van der Waals surface area contributed by atoms with E-state index in [4.69, 9.17) is 0 Å². The summed E-state index contributed by atoms with van der Waals surface area (Å²) in [6.45, 7) is 6.77. The zero-order chi connectivity index (χ0) is 13.8. The highest BCUT2D eigenvalue weighted by Gasteiger charge is 2.15. The Balaban J connectivity index is 2.01. The molecule has 102 valence electrons. The molecule has 2 N–H and O–H groups in total. The molecule has 2 aromatic heterocycles. The highest BCUT2D eigenvalue weighted by atomic mass is 32.1. The maximum atomic E-state index is 12.0. The Hall–Kier alpha value is -1.54. The van der Waals surface area contributed by atoms with Gasteiger partial charge < -0.3 is 5.32 Å². The molecule has 19 heavy (non-hydrogen) atoms. The molecule has 0 atom stereocenters. The minimum Gasteiger partial charge on any atom is -0.360 e. The van der Waals surface area contributed by atoms with Crippen molar-refractivity contribution in [1.82, 2.24) is 15.2 Å². The summed E-state index contributed by atoms with van der Waals surface area (Å²) in [5, 5.41) is 15.2. The van der Waals surface area contributed by atoms with Gasteiger partial charge >= 0.3 is 0 Å². The molecule has 8 heteroatoms. The number of rotatable bonds is 5. The smallest absolute Gasteiger partial charge is 0.288 e. The third-order valence-corrected chi connectivity index (χ3v) is 4.26. The van der Waals surface area contributed by atoms with Crippen molar-refractivity contribution < 1.29 is 4.79 Å². The number of aromatic nitrogens is 3. The number of nitrogens with zero attached hydrogens (tertiary/aromatic N) is 3. The fraction of sp³-hybridized carbons (Fsp3) is 0.455. The Bertz CT molecular complexity index is 558. The number of hydrogen-bond donors (Lipinski definition) is 2. The van der Waals surface area contributed by atoms with Gasteiger partial charge in [0.1, 0.15) is 0 Å². The molecule has 0 aliphatic rings. The van der Waals surface area contributed by atoms with Gasteiger partial charge in [-0.15, -0.1) is 21.5 Å². The average Bonchev–Trinajstić information content (AvgIpc) is 2.95. The lowest BCUT2D eigenvalue weighted by atomic mass is 10.4. The second-order valence-electron chi connectivity index (χ2n) is 3.95. The summed E-state index contributed by atoms with van der Waals surface area (Å²) < 4.78 is 0. The predicted molar refractivity (Wildman–Crippen MR) is 78.2 cm³/mol. The number of thiazole rings is 1. The van der Waals surface area contributed by atoms with Crippen molar-refractivity contribution in [3.63, 3.8) is 0 Å². The number of carbonyl (C=O) groups excluding carboxylic acids is 1. The van der Waals surface area contributed by atoms with E-state index in [1.807, 2.05) is 13.8 Å². The van der Waals surface area contributed by atoms with Crippen molar-refractivity contribution in [2.75, 3.05) is 17.2 Å². The lowest BCUT2D eigenvalue weighted by Crippen LogP contribution is -2.11. The fourth-order valence-corrected chi connectivity index (χ4v) is 2.77. The van der Waals surface area contributed by atoms with E-state index >= 15 is 0 Å². The summed E-state index contributed by atoms with van der Waals surface area (Å²) in [6, 6.07) is 0. The van der Waals surface area contributed by atoms with Crippen LogP contribution in [0.5, 0.6) is 0 Å². The number of anilines is 2. The SMILES string of the molecule is CCCNc1nnc(C(=O)Nc2nc(C)c(C)s2)s1. The third-order valence-electron chi connectivity index (χ3n) is 2.39. The zero-order valence-corrected chi connectivity index (χ0v) is 12.6. The van der Waals surface area contributed by atoms with Crippen LogP contribution in [0.1, 0.15) is 33.7 Å². The van der Waals surface area contributed by atoms with E-state index in [0.29, 0.717) is 15.3 Å². The molecule has 1 amide bonds. The molecule has 0 aliphatic carbocycles. The van der Waals surface area contributed by atoms with Crippen LogP contribution in [0.15, 0.2) is 0 Å². The van der Waals surface area contributed by atoms with Gasteiger partial charge in [-0.2, -0.15) is 0 Å². The summed E-state index contributed by atoms with van der Waals surface area (Å²) >= 11 is 2.70. The molecule has 0 saturated heterocycles. The van der Waals surface area contributed by atoms with E-state index < -0.39 is 0 Å². The molecule has 0 saturated carbocycles. The monoisotopic (exact) mass is 297 g/mol. The summed E-state index contributed by atoms with van der Waals surface area (Å²) in [5.41, 5.74) is 0.933. The van der Waals surface area contributed by atoms with Crippen LogP contribution >= 0.6 is 22.7 Å². The number of nitrogens with one attached hydrogen (secondary N) is 2. The van der Waals surface area contributed by atoms with Crippen LogP contribution in [0, 0.1) is 13.8 Å². The number of aryl methyl sites for hydroxylation is 2. The van der Waals surface area contributed by atoms with Crippen LogP contribution in [0.2, 0.25) is 0 Å². The molecule has 2 heterocycles. The summed E-state index contributed by atoms with van der Waals surface area (Å²) in [7, 11) is 0. The minimum absolute atomic E-state index is 0.268. The van der Waals surface area contributed by atoms with Crippen molar-refractivity contribution >= 4 is 38.8 Å². The number of carbonyl (C=O) groups is 1. The maximum absolute atomic E-state index is 12.0. The van der Waals surface area contributed by atoms with Gasteiger partial charge in [-0.25, -0.2) is 4.98 Å². The van der Waals surface area contributed by atoms with Crippen molar-refractivity contribution in [2.45, 2.75) is 27.2 Å². The number of amides is 1. The molecule has 6 nitrogen and oxygen atoms in total. The van der Waals surface area contributed by atoms with Gasteiger partial charge in [0.25, 0.3) is 5.91 Å². The predicted octanol–water partition coefficient (Wildman–Crippen LogP) is 2.69. The highest BCUT2D eigenvalue weighted by molar-refractivity contribution is 7.17. The average molecular weight is 297 g/mol. The van der Waals surface area contributed by atoms with Gasteiger partial charge in [0.05, 0.1) is 5.69 Å². The van der Waals surface area contributed by atoms with Gasteiger partial charge in [0, 0.05) is 11.4 Å². The first-order chi connectivity index (χ1) is 9.10. The Morgan fingerprint density at radius 3 is 2.63 bits per heavy atom.